The lowest BCUT2D eigenvalue weighted by Gasteiger charge is -2.18. The van der Waals surface area contributed by atoms with E-state index in [2.05, 4.69) is 38.7 Å². The quantitative estimate of drug-likeness (QED) is 0.578. The van der Waals surface area contributed by atoms with Gasteiger partial charge >= 0.3 is 0 Å². The first-order chi connectivity index (χ1) is 14.6. The third-order valence-electron chi connectivity index (χ3n) is 5.37. The molecular formula is C23H23F2N5. The zero-order valence-electron chi connectivity index (χ0n) is 17.0. The second kappa shape index (κ2) is 8.65. The molecule has 0 amide bonds. The Bertz CT molecular complexity index is 1020. The fourth-order valence-corrected chi connectivity index (χ4v) is 3.69. The van der Waals surface area contributed by atoms with E-state index < -0.39 is 11.6 Å². The second-order valence-corrected chi connectivity index (χ2v) is 7.15. The van der Waals surface area contributed by atoms with Crippen LogP contribution in [-0.4, -0.2) is 33.8 Å². The van der Waals surface area contributed by atoms with Gasteiger partial charge in [-0.15, -0.1) is 0 Å². The van der Waals surface area contributed by atoms with Crippen LogP contribution < -0.4 is 4.90 Å². The Kier molecular flexibility index (Phi) is 5.79. The molecule has 4 rings (SSSR count). The molecule has 0 saturated heterocycles. The van der Waals surface area contributed by atoms with Gasteiger partial charge in [-0.2, -0.15) is 0 Å². The van der Waals surface area contributed by atoms with Crippen LogP contribution in [0.25, 0.3) is 11.3 Å². The zero-order valence-corrected chi connectivity index (χ0v) is 17.0. The first-order valence-corrected chi connectivity index (χ1v) is 10.1. The molecule has 3 heterocycles. The van der Waals surface area contributed by atoms with Gasteiger partial charge in [0.05, 0.1) is 17.3 Å². The van der Waals surface area contributed by atoms with E-state index in [0.717, 1.165) is 29.9 Å². The normalized spacial score (nSPS) is 15.9. The Hall–Kier alpha value is -3.22. The lowest BCUT2D eigenvalue weighted by molar-refractivity contribution is 0.578. The second-order valence-electron chi connectivity index (χ2n) is 7.15. The minimum absolute atomic E-state index is 0.0185. The minimum Gasteiger partial charge on any atom is -0.341 e. The molecule has 5 nitrogen and oxygen atoms in total. The van der Waals surface area contributed by atoms with Gasteiger partial charge in [0, 0.05) is 43.0 Å². The number of pyridine rings is 1. The Morgan fingerprint density at radius 1 is 0.933 bits per heavy atom. The standard InChI is InChI=1S/C23H23F2N5/c1-3-30(4-2)23-27-13-16(14-28-23)19-9-8-15(12-26-19)20-10-11-21(29-20)22-17(24)6-5-7-18(22)25/h5-9,12-14,20H,3-4,10-11H2,1-2H3. The van der Waals surface area contributed by atoms with Gasteiger partial charge < -0.3 is 4.90 Å². The van der Waals surface area contributed by atoms with Crippen LogP contribution in [0.4, 0.5) is 14.7 Å². The molecule has 0 fully saturated rings. The largest absolute Gasteiger partial charge is 0.341 e. The van der Waals surface area contributed by atoms with E-state index in [4.69, 9.17) is 0 Å². The van der Waals surface area contributed by atoms with Crippen LogP contribution >= 0.6 is 0 Å². The summed E-state index contributed by atoms with van der Waals surface area (Å²) in [6.45, 7) is 5.84. The van der Waals surface area contributed by atoms with Crippen molar-refractivity contribution < 1.29 is 8.78 Å². The van der Waals surface area contributed by atoms with Gasteiger partial charge in [0.1, 0.15) is 11.6 Å². The summed E-state index contributed by atoms with van der Waals surface area (Å²) in [6.07, 6.45) is 6.55. The lowest BCUT2D eigenvalue weighted by atomic mass is 10.0. The molecule has 154 valence electrons. The summed E-state index contributed by atoms with van der Waals surface area (Å²) in [5.41, 5.74) is 2.98. The van der Waals surface area contributed by atoms with Gasteiger partial charge in [-0.05, 0) is 50.5 Å². The first-order valence-electron chi connectivity index (χ1n) is 10.1. The SMILES string of the molecule is CCN(CC)c1ncc(-c2ccc(C3CCC(c4c(F)cccc4F)=N3)cn2)cn1. The predicted octanol–water partition coefficient (Wildman–Crippen LogP) is 4.99. The van der Waals surface area contributed by atoms with E-state index in [9.17, 15) is 8.78 Å². The van der Waals surface area contributed by atoms with Crippen molar-refractivity contribution in [2.75, 3.05) is 18.0 Å². The molecule has 0 N–H and O–H groups in total. The highest BCUT2D eigenvalue weighted by atomic mass is 19.1. The van der Waals surface area contributed by atoms with Crippen LogP contribution in [0.5, 0.6) is 0 Å². The summed E-state index contributed by atoms with van der Waals surface area (Å²) in [4.78, 5) is 20.1. The molecule has 0 bridgehead atoms. The van der Waals surface area contributed by atoms with Crippen molar-refractivity contribution in [2.24, 2.45) is 4.99 Å². The average Bonchev–Trinajstić information content (AvgIpc) is 3.25. The number of halogens is 2. The first kappa shape index (κ1) is 20.1. The number of nitrogens with zero attached hydrogens (tertiary/aromatic N) is 5. The molecule has 30 heavy (non-hydrogen) atoms. The predicted molar refractivity (Wildman–Crippen MR) is 114 cm³/mol. The van der Waals surface area contributed by atoms with Crippen molar-refractivity contribution in [3.63, 3.8) is 0 Å². The number of anilines is 1. The Morgan fingerprint density at radius 3 is 2.23 bits per heavy atom. The monoisotopic (exact) mass is 407 g/mol. The molecule has 1 aliphatic rings. The number of aromatic nitrogens is 3. The van der Waals surface area contributed by atoms with Crippen LogP contribution in [-0.2, 0) is 0 Å². The fourth-order valence-electron chi connectivity index (χ4n) is 3.69. The van der Waals surface area contributed by atoms with Gasteiger partial charge in [-0.3, -0.25) is 9.98 Å². The Balaban J connectivity index is 1.52. The number of aliphatic imine (C=N–C) groups is 1. The average molecular weight is 407 g/mol. The molecule has 1 aromatic carbocycles. The molecule has 3 aromatic rings. The van der Waals surface area contributed by atoms with Gasteiger partial charge in [0.15, 0.2) is 0 Å². The summed E-state index contributed by atoms with van der Waals surface area (Å²) in [5.74, 6) is -0.444. The molecule has 7 heteroatoms. The molecule has 0 saturated carbocycles. The fraction of sp³-hybridized carbons (Fsp3) is 0.304. The highest BCUT2D eigenvalue weighted by Crippen LogP contribution is 2.32. The molecule has 0 spiro atoms. The summed E-state index contributed by atoms with van der Waals surface area (Å²) in [7, 11) is 0. The molecule has 0 radical (unpaired) electrons. The van der Waals surface area contributed by atoms with E-state index in [-0.39, 0.29) is 11.6 Å². The summed E-state index contributed by atoms with van der Waals surface area (Å²) >= 11 is 0. The smallest absolute Gasteiger partial charge is 0.225 e. The molecule has 2 aromatic heterocycles. The maximum absolute atomic E-state index is 14.0. The van der Waals surface area contributed by atoms with E-state index >= 15 is 0 Å². The lowest BCUT2D eigenvalue weighted by Crippen LogP contribution is -2.23. The number of rotatable bonds is 6. The maximum Gasteiger partial charge on any atom is 0.225 e. The molecular weight excluding hydrogens is 384 g/mol. The Morgan fingerprint density at radius 2 is 1.63 bits per heavy atom. The van der Waals surface area contributed by atoms with E-state index in [1.807, 2.05) is 12.1 Å². The van der Waals surface area contributed by atoms with Crippen LogP contribution in [0.1, 0.15) is 43.9 Å². The number of hydrogen-bond donors (Lipinski definition) is 0. The third-order valence-corrected chi connectivity index (χ3v) is 5.37. The minimum atomic E-state index is -0.573. The van der Waals surface area contributed by atoms with E-state index in [1.54, 1.807) is 18.6 Å². The van der Waals surface area contributed by atoms with E-state index in [1.165, 1.54) is 18.2 Å². The van der Waals surface area contributed by atoms with Gasteiger partial charge in [-0.1, -0.05) is 12.1 Å². The van der Waals surface area contributed by atoms with Crippen molar-refractivity contribution in [1.29, 1.82) is 0 Å². The van der Waals surface area contributed by atoms with Crippen LogP contribution in [0.2, 0.25) is 0 Å². The van der Waals surface area contributed by atoms with Crippen LogP contribution in [0.15, 0.2) is 53.9 Å². The molecule has 1 unspecified atom stereocenters. The van der Waals surface area contributed by atoms with Gasteiger partial charge in [0.25, 0.3) is 0 Å². The Labute approximate surface area is 174 Å². The van der Waals surface area contributed by atoms with Crippen LogP contribution in [0.3, 0.4) is 0 Å². The highest BCUT2D eigenvalue weighted by molar-refractivity contribution is 6.02. The van der Waals surface area contributed by atoms with Crippen molar-refractivity contribution in [3.8, 4) is 11.3 Å². The maximum atomic E-state index is 14.0. The summed E-state index contributed by atoms with van der Waals surface area (Å²) in [6, 6.07) is 7.60. The van der Waals surface area contributed by atoms with Crippen molar-refractivity contribution in [3.05, 3.63) is 71.7 Å². The third kappa shape index (κ3) is 3.92. The zero-order chi connectivity index (χ0) is 21.1. The number of benzene rings is 1. The van der Waals surface area contributed by atoms with Crippen molar-refractivity contribution >= 4 is 11.7 Å². The van der Waals surface area contributed by atoms with Crippen LogP contribution in [0, 0.1) is 11.6 Å². The molecule has 0 aliphatic carbocycles. The molecule has 1 aliphatic heterocycles. The van der Waals surface area contributed by atoms with E-state index in [0.29, 0.717) is 24.5 Å². The highest BCUT2D eigenvalue weighted by Gasteiger charge is 2.24. The van der Waals surface area contributed by atoms with Gasteiger partial charge in [-0.25, -0.2) is 18.7 Å². The topological polar surface area (TPSA) is 54.3 Å². The van der Waals surface area contributed by atoms with Gasteiger partial charge in [0.2, 0.25) is 5.95 Å². The van der Waals surface area contributed by atoms with Crippen molar-refractivity contribution in [2.45, 2.75) is 32.7 Å². The summed E-state index contributed by atoms with van der Waals surface area (Å²) < 4.78 is 28.1. The van der Waals surface area contributed by atoms with Crippen molar-refractivity contribution in [1.82, 2.24) is 15.0 Å². The summed E-state index contributed by atoms with van der Waals surface area (Å²) in [5, 5.41) is 0. The number of hydrogen-bond acceptors (Lipinski definition) is 5. The molecule has 1 atom stereocenters.